The van der Waals surface area contributed by atoms with E-state index in [1.807, 2.05) is 0 Å². The summed E-state index contributed by atoms with van der Waals surface area (Å²) < 4.78 is 12.9. The number of hydrogen-bond donors (Lipinski definition) is 1. The summed E-state index contributed by atoms with van der Waals surface area (Å²) in [5.74, 6) is -0.316. The Hall–Kier alpha value is -1.33. The molecule has 20 heavy (non-hydrogen) atoms. The van der Waals surface area contributed by atoms with Crippen molar-refractivity contribution in [3.8, 4) is 10.7 Å². The second-order valence-corrected chi connectivity index (χ2v) is 5.76. The zero-order chi connectivity index (χ0) is 14.4. The third-order valence-electron chi connectivity index (χ3n) is 2.92. The first-order chi connectivity index (χ1) is 9.74. The smallest absolute Gasteiger partial charge is 0.142 e. The Bertz CT molecular complexity index is 537. The van der Waals surface area contributed by atoms with E-state index in [0.717, 1.165) is 48.7 Å². The van der Waals surface area contributed by atoms with Crippen LogP contribution in [0, 0.1) is 5.82 Å². The van der Waals surface area contributed by atoms with Crippen LogP contribution in [-0.2, 0) is 13.0 Å². The predicted molar refractivity (Wildman–Crippen MR) is 81.3 cm³/mol. The highest BCUT2D eigenvalue weighted by Crippen LogP contribution is 2.27. The van der Waals surface area contributed by atoms with E-state index in [-0.39, 0.29) is 5.82 Å². The fourth-order valence-corrected chi connectivity index (χ4v) is 3.00. The molecular weight excluding hydrogens is 273 g/mol. The summed E-state index contributed by atoms with van der Waals surface area (Å²) in [7, 11) is 0. The molecular formula is C15H20FN3S. The molecule has 2 rings (SSSR count). The van der Waals surface area contributed by atoms with Crippen LogP contribution in [0.1, 0.15) is 37.3 Å². The summed E-state index contributed by atoms with van der Waals surface area (Å²) in [6, 6.07) is 3.12. The fraction of sp³-hybridized carbons (Fsp3) is 0.467. The highest BCUT2D eigenvalue weighted by molar-refractivity contribution is 7.15. The number of rotatable bonds is 7. The monoisotopic (exact) mass is 293 g/mol. The lowest BCUT2D eigenvalue weighted by Gasteiger charge is -2.02. The van der Waals surface area contributed by atoms with Crippen LogP contribution in [0.3, 0.4) is 0 Å². The van der Waals surface area contributed by atoms with Gasteiger partial charge in [-0.2, -0.15) is 0 Å². The number of hydrogen-bond acceptors (Lipinski definition) is 4. The maximum Gasteiger partial charge on any atom is 0.142 e. The Morgan fingerprint density at radius 2 is 2.10 bits per heavy atom. The van der Waals surface area contributed by atoms with Gasteiger partial charge in [0.05, 0.1) is 17.6 Å². The Kier molecular flexibility index (Phi) is 5.61. The molecule has 0 atom stereocenters. The minimum Gasteiger partial charge on any atom is -0.312 e. The summed E-state index contributed by atoms with van der Waals surface area (Å²) >= 11 is 1.65. The second kappa shape index (κ2) is 7.45. The molecule has 0 bridgehead atoms. The molecule has 0 aromatic carbocycles. The molecule has 0 aliphatic carbocycles. The standard InChI is InChI=1S/C15H20FN3S/c1-3-5-12-14(10-17-8-4-2)20-15(19-12)13-7-6-11(16)9-18-13/h6-7,9,17H,3-5,8,10H2,1-2H3. The zero-order valence-electron chi connectivity index (χ0n) is 11.9. The number of nitrogens with zero attached hydrogens (tertiary/aromatic N) is 2. The minimum absolute atomic E-state index is 0.316. The summed E-state index contributed by atoms with van der Waals surface area (Å²) in [5.41, 5.74) is 1.89. The predicted octanol–water partition coefficient (Wildman–Crippen LogP) is 3.80. The van der Waals surface area contributed by atoms with Crippen molar-refractivity contribution in [3.05, 3.63) is 34.7 Å². The van der Waals surface area contributed by atoms with Gasteiger partial charge in [-0.15, -0.1) is 11.3 Å². The molecule has 0 fully saturated rings. The third kappa shape index (κ3) is 3.84. The Labute approximate surface area is 123 Å². The maximum absolute atomic E-state index is 12.9. The largest absolute Gasteiger partial charge is 0.312 e. The lowest BCUT2D eigenvalue weighted by Crippen LogP contribution is -2.13. The lowest BCUT2D eigenvalue weighted by molar-refractivity contribution is 0.622. The second-order valence-electron chi connectivity index (χ2n) is 4.68. The number of nitrogens with one attached hydrogen (secondary N) is 1. The van der Waals surface area contributed by atoms with Gasteiger partial charge in [0.2, 0.25) is 0 Å². The van der Waals surface area contributed by atoms with Gasteiger partial charge in [-0.05, 0) is 31.5 Å². The van der Waals surface area contributed by atoms with E-state index in [0.29, 0.717) is 0 Å². The van der Waals surface area contributed by atoms with Gasteiger partial charge in [-0.1, -0.05) is 20.3 Å². The molecule has 0 aliphatic rings. The van der Waals surface area contributed by atoms with Gasteiger partial charge in [0.1, 0.15) is 10.8 Å². The van der Waals surface area contributed by atoms with Crippen LogP contribution in [0.4, 0.5) is 4.39 Å². The third-order valence-corrected chi connectivity index (χ3v) is 4.04. The van der Waals surface area contributed by atoms with E-state index in [1.165, 1.54) is 17.1 Å². The molecule has 2 aromatic rings. The van der Waals surface area contributed by atoms with E-state index in [4.69, 9.17) is 0 Å². The molecule has 0 saturated heterocycles. The molecule has 0 unspecified atom stereocenters. The van der Waals surface area contributed by atoms with Crippen molar-refractivity contribution in [2.75, 3.05) is 6.54 Å². The normalized spacial score (nSPS) is 10.9. The van der Waals surface area contributed by atoms with Crippen molar-refractivity contribution in [3.63, 3.8) is 0 Å². The van der Waals surface area contributed by atoms with E-state index in [9.17, 15) is 4.39 Å². The number of halogens is 1. The summed E-state index contributed by atoms with van der Waals surface area (Å²) in [4.78, 5) is 10.0. The van der Waals surface area contributed by atoms with Crippen LogP contribution in [0.25, 0.3) is 10.7 Å². The van der Waals surface area contributed by atoms with Crippen molar-refractivity contribution in [1.82, 2.24) is 15.3 Å². The first-order valence-electron chi connectivity index (χ1n) is 7.05. The van der Waals surface area contributed by atoms with E-state index >= 15 is 0 Å². The highest BCUT2D eigenvalue weighted by atomic mass is 32.1. The van der Waals surface area contributed by atoms with E-state index in [2.05, 4.69) is 29.1 Å². The van der Waals surface area contributed by atoms with Crippen LogP contribution in [0.2, 0.25) is 0 Å². The highest BCUT2D eigenvalue weighted by Gasteiger charge is 2.12. The fourth-order valence-electron chi connectivity index (χ4n) is 1.94. The van der Waals surface area contributed by atoms with Crippen molar-refractivity contribution in [2.24, 2.45) is 0 Å². The van der Waals surface area contributed by atoms with E-state index < -0.39 is 0 Å². The molecule has 3 nitrogen and oxygen atoms in total. The topological polar surface area (TPSA) is 37.8 Å². The summed E-state index contributed by atoms with van der Waals surface area (Å²) in [6.07, 6.45) is 4.40. The van der Waals surface area contributed by atoms with Crippen LogP contribution in [-0.4, -0.2) is 16.5 Å². The van der Waals surface area contributed by atoms with Crippen LogP contribution in [0.15, 0.2) is 18.3 Å². The number of aromatic nitrogens is 2. The van der Waals surface area contributed by atoms with Crippen LogP contribution < -0.4 is 5.32 Å². The molecule has 0 spiro atoms. The first-order valence-corrected chi connectivity index (χ1v) is 7.87. The molecule has 0 saturated carbocycles. The molecule has 1 N–H and O–H groups in total. The Morgan fingerprint density at radius 3 is 2.75 bits per heavy atom. The zero-order valence-corrected chi connectivity index (χ0v) is 12.8. The molecule has 5 heteroatoms. The Balaban J connectivity index is 2.21. The van der Waals surface area contributed by atoms with E-state index in [1.54, 1.807) is 17.4 Å². The maximum atomic E-state index is 12.9. The summed E-state index contributed by atoms with van der Waals surface area (Å²) in [6.45, 7) is 6.16. The van der Waals surface area contributed by atoms with Crippen molar-refractivity contribution < 1.29 is 4.39 Å². The molecule has 0 radical (unpaired) electrons. The lowest BCUT2D eigenvalue weighted by atomic mass is 10.2. The SMILES string of the molecule is CCCNCc1sc(-c2ccc(F)cn2)nc1CCC. The van der Waals surface area contributed by atoms with Gasteiger partial charge in [-0.3, -0.25) is 4.98 Å². The molecule has 108 valence electrons. The Morgan fingerprint density at radius 1 is 1.25 bits per heavy atom. The molecule has 0 amide bonds. The van der Waals surface area contributed by atoms with Crippen molar-refractivity contribution in [2.45, 2.75) is 39.7 Å². The molecule has 2 aromatic heterocycles. The molecule has 2 heterocycles. The molecule has 0 aliphatic heterocycles. The average molecular weight is 293 g/mol. The van der Waals surface area contributed by atoms with Gasteiger partial charge in [-0.25, -0.2) is 9.37 Å². The van der Waals surface area contributed by atoms with Gasteiger partial charge in [0.15, 0.2) is 0 Å². The van der Waals surface area contributed by atoms with Crippen molar-refractivity contribution in [1.29, 1.82) is 0 Å². The number of aryl methyl sites for hydroxylation is 1. The average Bonchev–Trinajstić information content (AvgIpc) is 2.84. The van der Waals surface area contributed by atoms with Crippen LogP contribution >= 0.6 is 11.3 Å². The van der Waals surface area contributed by atoms with Gasteiger partial charge >= 0.3 is 0 Å². The minimum atomic E-state index is -0.316. The number of pyridine rings is 1. The van der Waals surface area contributed by atoms with Gasteiger partial charge in [0.25, 0.3) is 0 Å². The number of thiazole rings is 1. The van der Waals surface area contributed by atoms with Crippen LogP contribution in [0.5, 0.6) is 0 Å². The quantitative estimate of drug-likeness (QED) is 0.789. The van der Waals surface area contributed by atoms with Gasteiger partial charge in [0, 0.05) is 11.4 Å². The van der Waals surface area contributed by atoms with Crippen molar-refractivity contribution >= 4 is 11.3 Å². The van der Waals surface area contributed by atoms with Gasteiger partial charge < -0.3 is 5.32 Å². The first kappa shape index (κ1) is 15.1. The summed E-state index contributed by atoms with van der Waals surface area (Å²) in [5, 5.41) is 4.29.